The van der Waals surface area contributed by atoms with Gasteiger partial charge < -0.3 is 20.1 Å². The minimum Gasteiger partial charge on any atom is -0.497 e. The van der Waals surface area contributed by atoms with E-state index in [1.807, 2.05) is 12.3 Å². The molecule has 2 N–H and O–H groups in total. The lowest BCUT2D eigenvalue weighted by molar-refractivity contribution is -0.117. The summed E-state index contributed by atoms with van der Waals surface area (Å²) in [5, 5.41) is 7.96. The van der Waals surface area contributed by atoms with Gasteiger partial charge in [0.1, 0.15) is 5.75 Å². The Kier molecular flexibility index (Phi) is 7.72. The molecule has 3 aromatic rings. The van der Waals surface area contributed by atoms with Crippen LogP contribution in [0.2, 0.25) is 0 Å². The van der Waals surface area contributed by atoms with E-state index in [1.54, 1.807) is 31.5 Å². The molecule has 2 heterocycles. The summed E-state index contributed by atoms with van der Waals surface area (Å²) in [7, 11) is 1.56. The van der Waals surface area contributed by atoms with E-state index >= 15 is 0 Å². The van der Waals surface area contributed by atoms with Crippen LogP contribution in [-0.4, -0.2) is 61.7 Å². The van der Waals surface area contributed by atoms with Gasteiger partial charge in [0, 0.05) is 43.9 Å². The number of amides is 2. The Morgan fingerprint density at radius 2 is 2.00 bits per heavy atom. The van der Waals surface area contributed by atoms with Gasteiger partial charge in [0.2, 0.25) is 11.8 Å². The molecule has 0 saturated carbocycles. The zero-order valence-electron chi connectivity index (χ0n) is 19.5. The quantitative estimate of drug-likeness (QED) is 0.560. The Labute approximate surface area is 199 Å². The van der Waals surface area contributed by atoms with E-state index in [1.165, 1.54) is 17.9 Å². The fraction of sp³-hybridized carbons (Fsp3) is 0.346. The normalized spacial score (nSPS) is 16.6. The summed E-state index contributed by atoms with van der Waals surface area (Å²) < 4.78 is 11.1. The first-order valence-corrected chi connectivity index (χ1v) is 11.4. The summed E-state index contributed by atoms with van der Waals surface area (Å²) in [6, 6.07) is 13.6. The molecule has 1 aliphatic rings. The van der Waals surface area contributed by atoms with Gasteiger partial charge in [-0.25, -0.2) is 0 Å². The number of nitrogens with one attached hydrogen (secondary N) is 2. The minimum absolute atomic E-state index is 0.155. The average molecular weight is 463 g/mol. The van der Waals surface area contributed by atoms with E-state index in [0.29, 0.717) is 36.9 Å². The van der Waals surface area contributed by atoms with Crippen molar-refractivity contribution in [1.82, 2.24) is 9.88 Å². The SMILES string of the molecule is COc1ccc(NC(C)=O)c(NC(=O)CN2CCOC[C@@H](Cc3ccc4ccncc4c3)C2)c1. The van der Waals surface area contributed by atoms with Crippen LogP contribution in [0.5, 0.6) is 5.75 Å². The number of fused-ring (bicyclic) bond motifs is 1. The van der Waals surface area contributed by atoms with Crippen molar-refractivity contribution in [2.24, 2.45) is 5.92 Å². The third-order valence-electron chi connectivity index (χ3n) is 5.83. The minimum atomic E-state index is -0.211. The molecule has 0 radical (unpaired) electrons. The van der Waals surface area contributed by atoms with Crippen LogP contribution in [0.3, 0.4) is 0 Å². The summed E-state index contributed by atoms with van der Waals surface area (Å²) in [4.78, 5) is 30.8. The van der Waals surface area contributed by atoms with Crippen LogP contribution in [0.15, 0.2) is 54.9 Å². The van der Waals surface area contributed by atoms with Crippen LogP contribution < -0.4 is 15.4 Å². The topological polar surface area (TPSA) is 92.8 Å². The zero-order valence-corrected chi connectivity index (χ0v) is 19.5. The first-order chi connectivity index (χ1) is 16.5. The summed E-state index contributed by atoms with van der Waals surface area (Å²) in [6.07, 6.45) is 4.55. The Hall–Kier alpha value is -3.49. The number of rotatable bonds is 7. The molecule has 0 spiro atoms. The molecule has 1 saturated heterocycles. The number of ether oxygens (including phenoxy) is 2. The number of hydrogen-bond donors (Lipinski definition) is 2. The predicted molar refractivity (Wildman–Crippen MR) is 132 cm³/mol. The number of anilines is 2. The molecule has 0 unspecified atom stereocenters. The molecule has 8 heteroatoms. The molecular weight excluding hydrogens is 432 g/mol. The molecule has 1 fully saturated rings. The highest BCUT2D eigenvalue weighted by molar-refractivity contribution is 5.99. The highest BCUT2D eigenvalue weighted by Crippen LogP contribution is 2.27. The average Bonchev–Trinajstić information content (AvgIpc) is 3.04. The van der Waals surface area contributed by atoms with Crippen molar-refractivity contribution in [3.8, 4) is 5.75 Å². The number of carbonyl (C=O) groups excluding carboxylic acids is 2. The van der Waals surface area contributed by atoms with Gasteiger partial charge in [-0.3, -0.25) is 19.5 Å². The Balaban J connectivity index is 1.40. The number of aromatic nitrogens is 1. The Morgan fingerprint density at radius 3 is 2.82 bits per heavy atom. The van der Waals surface area contributed by atoms with Crippen molar-refractivity contribution in [2.75, 3.05) is 50.6 Å². The maximum Gasteiger partial charge on any atom is 0.238 e. The lowest BCUT2D eigenvalue weighted by Gasteiger charge is -2.23. The van der Waals surface area contributed by atoms with Crippen LogP contribution in [-0.2, 0) is 20.7 Å². The van der Waals surface area contributed by atoms with Gasteiger partial charge in [-0.1, -0.05) is 12.1 Å². The van der Waals surface area contributed by atoms with Crippen molar-refractivity contribution in [1.29, 1.82) is 0 Å². The largest absolute Gasteiger partial charge is 0.497 e. The van der Waals surface area contributed by atoms with E-state index in [2.05, 4.69) is 38.7 Å². The Morgan fingerprint density at radius 1 is 1.12 bits per heavy atom. The molecule has 0 aliphatic carbocycles. The molecule has 178 valence electrons. The third-order valence-corrected chi connectivity index (χ3v) is 5.83. The van der Waals surface area contributed by atoms with Crippen LogP contribution in [0.1, 0.15) is 12.5 Å². The van der Waals surface area contributed by atoms with Gasteiger partial charge in [0.05, 0.1) is 38.2 Å². The number of nitrogens with zero attached hydrogens (tertiary/aromatic N) is 2. The lowest BCUT2D eigenvalue weighted by Crippen LogP contribution is -2.37. The van der Waals surface area contributed by atoms with E-state index in [0.717, 1.165) is 18.4 Å². The fourth-order valence-electron chi connectivity index (χ4n) is 4.26. The Bertz CT molecular complexity index is 1170. The number of methoxy groups -OCH3 is 1. The summed E-state index contributed by atoms with van der Waals surface area (Å²) in [5.74, 6) is 0.504. The van der Waals surface area contributed by atoms with Gasteiger partial charge in [-0.15, -0.1) is 0 Å². The first kappa shape index (κ1) is 23.7. The molecule has 2 aromatic carbocycles. The zero-order chi connectivity index (χ0) is 23.9. The van der Waals surface area contributed by atoms with E-state index < -0.39 is 0 Å². The molecular formula is C26H30N4O4. The second kappa shape index (κ2) is 11.1. The van der Waals surface area contributed by atoms with Gasteiger partial charge in [-0.2, -0.15) is 0 Å². The van der Waals surface area contributed by atoms with Crippen molar-refractivity contribution in [2.45, 2.75) is 13.3 Å². The maximum absolute atomic E-state index is 12.9. The fourth-order valence-corrected chi connectivity index (χ4v) is 4.26. The lowest BCUT2D eigenvalue weighted by atomic mass is 9.98. The van der Waals surface area contributed by atoms with E-state index in [4.69, 9.17) is 9.47 Å². The number of carbonyl (C=O) groups is 2. The van der Waals surface area contributed by atoms with E-state index in [-0.39, 0.29) is 24.3 Å². The van der Waals surface area contributed by atoms with Gasteiger partial charge in [-0.05, 0) is 47.6 Å². The van der Waals surface area contributed by atoms with Gasteiger partial charge >= 0.3 is 0 Å². The molecule has 2 amide bonds. The number of pyridine rings is 1. The third kappa shape index (κ3) is 6.30. The summed E-state index contributed by atoms with van der Waals surface area (Å²) in [6.45, 7) is 4.35. The molecule has 1 aliphatic heterocycles. The maximum atomic E-state index is 12.9. The van der Waals surface area contributed by atoms with E-state index in [9.17, 15) is 9.59 Å². The summed E-state index contributed by atoms with van der Waals surface area (Å²) >= 11 is 0. The van der Waals surface area contributed by atoms with Crippen LogP contribution in [0, 0.1) is 5.92 Å². The predicted octanol–water partition coefficient (Wildman–Crippen LogP) is 3.33. The highest BCUT2D eigenvalue weighted by Gasteiger charge is 2.21. The monoisotopic (exact) mass is 462 g/mol. The standard InChI is InChI=1S/C26H30N4O4/c1-18(31)28-24-6-5-23(33-2)13-25(24)29-26(32)16-30-9-10-34-17-20(15-30)11-19-3-4-21-7-8-27-14-22(21)12-19/h3-8,12-14,20H,9-11,15-17H2,1-2H3,(H,28,31)(H,29,32)/t20-/m0/s1. The second-order valence-corrected chi connectivity index (χ2v) is 8.58. The molecule has 0 bridgehead atoms. The van der Waals surface area contributed by atoms with Crippen LogP contribution in [0.25, 0.3) is 10.8 Å². The molecule has 4 rings (SSSR count). The molecule has 1 atom stereocenters. The molecule has 1 aromatic heterocycles. The molecule has 34 heavy (non-hydrogen) atoms. The highest BCUT2D eigenvalue weighted by atomic mass is 16.5. The second-order valence-electron chi connectivity index (χ2n) is 8.58. The smallest absolute Gasteiger partial charge is 0.238 e. The van der Waals surface area contributed by atoms with Crippen molar-refractivity contribution >= 4 is 34.0 Å². The summed E-state index contributed by atoms with van der Waals surface area (Å²) in [5.41, 5.74) is 2.27. The van der Waals surface area contributed by atoms with Crippen molar-refractivity contribution < 1.29 is 19.1 Å². The number of hydrogen-bond acceptors (Lipinski definition) is 6. The van der Waals surface area contributed by atoms with Gasteiger partial charge in [0.25, 0.3) is 0 Å². The van der Waals surface area contributed by atoms with Crippen LogP contribution in [0.4, 0.5) is 11.4 Å². The van der Waals surface area contributed by atoms with Crippen LogP contribution >= 0.6 is 0 Å². The van der Waals surface area contributed by atoms with Crippen molar-refractivity contribution in [3.05, 3.63) is 60.4 Å². The van der Waals surface area contributed by atoms with Gasteiger partial charge in [0.15, 0.2) is 0 Å². The number of benzene rings is 2. The molecule has 8 nitrogen and oxygen atoms in total. The first-order valence-electron chi connectivity index (χ1n) is 11.4. The van der Waals surface area contributed by atoms with Crippen molar-refractivity contribution in [3.63, 3.8) is 0 Å².